The summed E-state index contributed by atoms with van der Waals surface area (Å²) in [6.07, 6.45) is -5.25. The molecule has 7 N–H and O–H groups in total. The van der Waals surface area contributed by atoms with Crippen molar-refractivity contribution in [3.05, 3.63) is 18.2 Å². The summed E-state index contributed by atoms with van der Waals surface area (Å²) in [4.78, 5) is 1.66. The van der Waals surface area contributed by atoms with Gasteiger partial charge in [-0.05, 0) is 18.6 Å². The van der Waals surface area contributed by atoms with Crippen LogP contribution in [0.4, 0.5) is 11.4 Å². The third-order valence-corrected chi connectivity index (χ3v) is 3.69. The number of aliphatic hydroxyl groups excluding tert-OH is 5. The average molecular weight is 344 g/mol. The van der Waals surface area contributed by atoms with E-state index in [1.165, 1.54) is 0 Å². The van der Waals surface area contributed by atoms with E-state index < -0.39 is 31.0 Å². The molecule has 0 fully saturated rings. The topological polar surface area (TPSA) is 140 Å². The molecule has 0 aliphatic rings. The number of ether oxygens (including phenoxy) is 1. The van der Waals surface area contributed by atoms with E-state index in [9.17, 15) is 20.4 Å². The molecule has 24 heavy (non-hydrogen) atoms. The van der Waals surface area contributed by atoms with Gasteiger partial charge in [-0.2, -0.15) is 0 Å². The fraction of sp³-hybridized carbons (Fsp3) is 0.625. The summed E-state index contributed by atoms with van der Waals surface area (Å²) in [7, 11) is 1.69. The molecular weight excluding hydrogens is 316 g/mol. The van der Waals surface area contributed by atoms with Crippen molar-refractivity contribution in [1.82, 2.24) is 0 Å². The summed E-state index contributed by atoms with van der Waals surface area (Å²) in [6.45, 7) is 1.80. The van der Waals surface area contributed by atoms with Gasteiger partial charge in [-0.1, -0.05) is 6.92 Å². The molecule has 0 aliphatic carbocycles. The number of rotatable bonds is 10. The smallest absolute Gasteiger partial charge is 0.144 e. The molecule has 0 radical (unpaired) electrons. The van der Waals surface area contributed by atoms with Gasteiger partial charge in [0, 0.05) is 25.3 Å². The van der Waals surface area contributed by atoms with Crippen LogP contribution in [0.2, 0.25) is 0 Å². The summed E-state index contributed by atoms with van der Waals surface area (Å²) in [6, 6.07) is 5.15. The Balaban J connectivity index is 2.74. The van der Waals surface area contributed by atoms with E-state index in [2.05, 4.69) is 0 Å². The first-order valence-electron chi connectivity index (χ1n) is 7.88. The maximum atomic E-state index is 10.0. The van der Waals surface area contributed by atoms with E-state index in [0.717, 1.165) is 6.42 Å². The number of anilines is 2. The minimum absolute atomic E-state index is 0.00644. The second kappa shape index (κ2) is 9.65. The first-order chi connectivity index (χ1) is 11.3. The zero-order chi connectivity index (χ0) is 18.3. The number of likely N-dealkylation sites (N-methyl/N-ethyl adjacent to an activating group) is 1. The fourth-order valence-corrected chi connectivity index (χ4v) is 2.15. The number of hydrogen-bond acceptors (Lipinski definition) is 8. The van der Waals surface area contributed by atoms with Crippen molar-refractivity contribution in [3.63, 3.8) is 0 Å². The van der Waals surface area contributed by atoms with Crippen LogP contribution in [-0.2, 0) is 0 Å². The molecule has 138 valence electrons. The van der Waals surface area contributed by atoms with Gasteiger partial charge >= 0.3 is 0 Å². The summed E-state index contributed by atoms with van der Waals surface area (Å²) in [5.41, 5.74) is 7.06. The zero-order valence-electron chi connectivity index (χ0n) is 14.0. The number of nitrogens with two attached hydrogens (primary N) is 1. The van der Waals surface area contributed by atoms with Gasteiger partial charge in [-0.15, -0.1) is 0 Å². The van der Waals surface area contributed by atoms with E-state index in [0.29, 0.717) is 23.7 Å². The van der Waals surface area contributed by atoms with Gasteiger partial charge in [0.15, 0.2) is 0 Å². The number of benzene rings is 1. The van der Waals surface area contributed by atoms with Crippen molar-refractivity contribution in [2.45, 2.75) is 37.8 Å². The number of nitrogen functional groups attached to an aromatic ring is 1. The van der Waals surface area contributed by atoms with E-state index in [1.807, 2.05) is 6.92 Å². The van der Waals surface area contributed by atoms with Crippen molar-refractivity contribution in [2.75, 3.05) is 37.4 Å². The van der Waals surface area contributed by atoms with E-state index in [1.54, 1.807) is 30.1 Å². The monoisotopic (exact) mass is 344 g/mol. The molecule has 4 unspecified atom stereocenters. The molecule has 1 aromatic rings. The van der Waals surface area contributed by atoms with E-state index >= 15 is 0 Å². The van der Waals surface area contributed by atoms with Gasteiger partial charge < -0.3 is 40.9 Å². The van der Waals surface area contributed by atoms with Crippen LogP contribution in [0.3, 0.4) is 0 Å². The fourth-order valence-electron chi connectivity index (χ4n) is 2.15. The van der Waals surface area contributed by atoms with Crippen LogP contribution in [0.5, 0.6) is 5.75 Å². The molecule has 0 amide bonds. The largest absolute Gasteiger partial charge is 0.491 e. The minimum Gasteiger partial charge on any atom is -0.491 e. The Kier molecular flexibility index (Phi) is 8.23. The lowest BCUT2D eigenvalue weighted by molar-refractivity contribution is -0.112. The lowest BCUT2D eigenvalue weighted by Gasteiger charge is -2.29. The van der Waals surface area contributed by atoms with Crippen LogP contribution in [0, 0.1) is 0 Å². The number of nitrogens with zero attached hydrogens (tertiary/aromatic N) is 1. The van der Waals surface area contributed by atoms with Gasteiger partial charge in [-0.3, -0.25) is 0 Å². The van der Waals surface area contributed by atoms with Crippen molar-refractivity contribution >= 4 is 11.4 Å². The molecular formula is C16H28N2O6. The summed E-state index contributed by atoms with van der Waals surface area (Å²) in [5, 5.41) is 47.6. The molecule has 0 spiro atoms. The average Bonchev–Trinajstić information content (AvgIpc) is 2.58. The second-order valence-corrected chi connectivity index (χ2v) is 5.75. The predicted octanol–water partition coefficient (Wildman–Crippen LogP) is -1.07. The van der Waals surface area contributed by atoms with Crippen LogP contribution in [-0.4, -0.2) is 76.8 Å². The van der Waals surface area contributed by atoms with Crippen molar-refractivity contribution in [1.29, 1.82) is 0 Å². The Bertz CT molecular complexity index is 501. The quantitative estimate of drug-likeness (QED) is 0.295. The molecule has 0 heterocycles. The summed E-state index contributed by atoms with van der Waals surface area (Å²) < 4.78 is 5.55. The minimum atomic E-state index is -1.65. The Morgan fingerprint density at radius 2 is 1.75 bits per heavy atom. The lowest BCUT2D eigenvalue weighted by Crippen LogP contribution is -2.49. The molecule has 1 rings (SSSR count). The van der Waals surface area contributed by atoms with Crippen molar-refractivity contribution < 1.29 is 30.3 Å². The maximum Gasteiger partial charge on any atom is 0.144 e. The Hall–Kier alpha value is -1.58. The highest BCUT2D eigenvalue weighted by Gasteiger charge is 2.30. The van der Waals surface area contributed by atoms with E-state index in [4.69, 9.17) is 15.6 Å². The molecule has 8 nitrogen and oxygen atoms in total. The molecule has 0 saturated carbocycles. The van der Waals surface area contributed by atoms with Gasteiger partial charge in [0.1, 0.15) is 24.1 Å². The molecule has 0 aliphatic heterocycles. The van der Waals surface area contributed by atoms with Gasteiger partial charge in [0.25, 0.3) is 0 Å². The van der Waals surface area contributed by atoms with Crippen LogP contribution in [0.15, 0.2) is 18.2 Å². The third-order valence-electron chi connectivity index (χ3n) is 3.69. The van der Waals surface area contributed by atoms with Crippen LogP contribution in [0.25, 0.3) is 0 Å². The Labute approximate surface area is 141 Å². The molecule has 0 saturated heterocycles. The SMILES string of the molecule is CCCOc1cc(N(C)CC(O)C(O)C(O)C(O)CO)ccc1N. The zero-order valence-corrected chi connectivity index (χ0v) is 14.0. The van der Waals surface area contributed by atoms with Crippen LogP contribution < -0.4 is 15.4 Å². The molecule has 0 aromatic heterocycles. The molecule has 4 atom stereocenters. The highest BCUT2D eigenvalue weighted by atomic mass is 16.5. The molecule has 1 aromatic carbocycles. The Morgan fingerprint density at radius 3 is 2.33 bits per heavy atom. The van der Waals surface area contributed by atoms with Crippen molar-refractivity contribution in [2.24, 2.45) is 0 Å². The Morgan fingerprint density at radius 1 is 1.12 bits per heavy atom. The van der Waals surface area contributed by atoms with Gasteiger partial charge in [0.05, 0.1) is 25.0 Å². The van der Waals surface area contributed by atoms with Crippen LogP contribution in [0.1, 0.15) is 13.3 Å². The summed E-state index contributed by atoms with van der Waals surface area (Å²) >= 11 is 0. The standard InChI is InChI=1S/C16H28N2O6/c1-3-6-24-14-7-10(4-5-11(14)17)18(2)8-12(20)15(22)16(23)13(21)9-19/h4-5,7,12-13,15-16,19-23H,3,6,8-9,17H2,1-2H3. The maximum absolute atomic E-state index is 10.0. The summed E-state index contributed by atoms with van der Waals surface area (Å²) in [5.74, 6) is 0.534. The number of aliphatic hydroxyl groups is 5. The highest BCUT2D eigenvalue weighted by Crippen LogP contribution is 2.27. The highest BCUT2D eigenvalue weighted by molar-refractivity contribution is 5.62. The molecule has 8 heteroatoms. The molecule has 0 bridgehead atoms. The van der Waals surface area contributed by atoms with Crippen LogP contribution >= 0.6 is 0 Å². The third kappa shape index (κ3) is 5.50. The second-order valence-electron chi connectivity index (χ2n) is 5.75. The lowest BCUT2D eigenvalue weighted by atomic mass is 10.0. The number of hydrogen-bond donors (Lipinski definition) is 6. The predicted molar refractivity (Wildman–Crippen MR) is 91.0 cm³/mol. The van der Waals surface area contributed by atoms with E-state index in [-0.39, 0.29) is 6.54 Å². The first-order valence-corrected chi connectivity index (χ1v) is 7.88. The van der Waals surface area contributed by atoms with Gasteiger partial charge in [-0.25, -0.2) is 0 Å². The van der Waals surface area contributed by atoms with Gasteiger partial charge in [0.2, 0.25) is 0 Å². The normalized spacial score (nSPS) is 16.3. The first kappa shape index (κ1) is 20.5. The van der Waals surface area contributed by atoms with Crippen molar-refractivity contribution in [3.8, 4) is 5.75 Å².